The first-order valence-corrected chi connectivity index (χ1v) is 31.6. The van der Waals surface area contributed by atoms with Gasteiger partial charge in [-0.1, -0.05) is 0 Å². The van der Waals surface area contributed by atoms with Crippen molar-refractivity contribution in [1.82, 2.24) is 29.7 Å². The third-order valence-corrected chi connectivity index (χ3v) is 18.2. The number of aliphatic carboxylic acids is 1. The molecule has 2 aromatic heterocycles. The van der Waals surface area contributed by atoms with Crippen LogP contribution in [0.4, 0.5) is 79.7 Å². The lowest BCUT2D eigenvalue weighted by Gasteiger charge is -2.33. The van der Waals surface area contributed by atoms with E-state index in [4.69, 9.17) is 29.3 Å². The van der Waals surface area contributed by atoms with Crippen LogP contribution in [0.15, 0.2) is 53.4 Å². The summed E-state index contributed by atoms with van der Waals surface area (Å²) in [6.07, 6.45) is -12.0. The minimum Gasteiger partial charge on any atom is -0.481 e. The van der Waals surface area contributed by atoms with Crippen molar-refractivity contribution in [2.75, 3.05) is 60.6 Å². The van der Waals surface area contributed by atoms with Crippen molar-refractivity contribution in [2.45, 2.75) is 174 Å². The molecule has 2 aromatic carbocycles. The molecule has 0 bridgehead atoms. The molecule has 92 heavy (non-hydrogen) atoms. The fourth-order valence-corrected chi connectivity index (χ4v) is 13.2. The van der Waals surface area contributed by atoms with Crippen molar-refractivity contribution in [3.63, 3.8) is 0 Å². The molecular weight excluding hydrogens is 1310 g/mol. The number of nitrogens with zero attached hydrogens (tertiary/aromatic N) is 9. The molecule has 506 valence electrons. The molecule has 2 unspecified atom stereocenters. The van der Waals surface area contributed by atoms with Crippen LogP contribution in [0.2, 0.25) is 0 Å². The molecular formula is C62H74BrF12N9O8. The summed E-state index contributed by atoms with van der Waals surface area (Å²) in [7, 11) is 0. The quantitative estimate of drug-likeness (QED) is 0.0500. The Balaban J connectivity index is 0.000000237. The summed E-state index contributed by atoms with van der Waals surface area (Å²) in [6.45, 7) is 12.8. The summed E-state index contributed by atoms with van der Waals surface area (Å²) in [5.74, 6) is 1.72. The Kier molecular flexibility index (Phi) is 22.8. The summed E-state index contributed by atoms with van der Waals surface area (Å²) in [6, 6.07) is 0.602. The van der Waals surface area contributed by atoms with Crippen LogP contribution in [0.1, 0.15) is 169 Å². The van der Waals surface area contributed by atoms with Crippen LogP contribution in [0.5, 0.6) is 0 Å². The Morgan fingerprint density at radius 2 is 0.967 bits per heavy atom. The van der Waals surface area contributed by atoms with Crippen LogP contribution in [0, 0.1) is 23.7 Å². The van der Waals surface area contributed by atoms with Gasteiger partial charge in [0.15, 0.2) is 11.6 Å². The van der Waals surface area contributed by atoms with E-state index >= 15 is 0 Å². The highest BCUT2D eigenvalue weighted by molar-refractivity contribution is 9.10. The van der Waals surface area contributed by atoms with Crippen molar-refractivity contribution < 1.29 is 91.2 Å². The normalized spacial score (nSPS) is 23.0. The Morgan fingerprint density at radius 3 is 1.35 bits per heavy atom. The van der Waals surface area contributed by atoms with E-state index in [0.29, 0.717) is 103 Å². The number of carboxylic acids is 1. The molecule has 9 rings (SSSR count). The van der Waals surface area contributed by atoms with Crippen molar-refractivity contribution in [3.8, 4) is 0 Å². The number of hydrogen-bond donors (Lipinski definition) is 1. The number of esters is 1. The maximum absolute atomic E-state index is 13.6. The van der Waals surface area contributed by atoms with Gasteiger partial charge in [-0.3, -0.25) is 19.4 Å². The second-order valence-electron chi connectivity index (χ2n) is 24.1. The van der Waals surface area contributed by atoms with Gasteiger partial charge in [-0.25, -0.2) is 29.5 Å². The maximum Gasteiger partial charge on any atom is 0.416 e. The molecule has 2 amide bonds. The minimum absolute atomic E-state index is 0.0399. The second-order valence-corrected chi connectivity index (χ2v) is 25.0. The number of benzene rings is 2. The predicted octanol–water partition coefficient (Wildman–Crippen LogP) is 15.2. The number of carbonyl (C=O) groups is 4. The predicted molar refractivity (Wildman–Crippen MR) is 315 cm³/mol. The molecule has 3 saturated heterocycles. The van der Waals surface area contributed by atoms with Gasteiger partial charge in [0.25, 0.3) is 0 Å². The molecule has 0 spiro atoms. The van der Waals surface area contributed by atoms with Gasteiger partial charge in [0, 0.05) is 52.1 Å². The first kappa shape index (κ1) is 71.0. The fourth-order valence-electron chi connectivity index (χ4n) is 12.9. The van der Waals surface area contributed by atoms with Gasteiger partial charge in [0.1, 0.15) is 34.0 Å². The van der Waals surface area contributed by atoms with Crippen LogP contribution >= 0.6 is 15.9 Å². The zero-order valence-corrected chi connectivity index (χ0v) is 52.9. The summed E-state index contributed by atoms with van der Waals surface area (Å²) in [5.41, 5.74) is -5.90. The standard InChI is InChI=1S/C32H39F6N5O4.C30H35BrF6N4O4/c1-3-41(17-21-8-6-20(7-9-21)12-27(44)45)29-25(40-26(16-39-29)42-10-4-5-11-42)18-43-19(2)28(47-30(43)46)22-13-23(31(33,34)35)15-24(14-22)32(36,37)38;1-4-40(15-19-8-6-18(7-9-19)10-25(42)44-5-2)27-23(39-24(31)14-38-27)16-41-17(3)26(45-28(41)43)20-11-21(29(32,33)34)13-22(12-20)30(35,36)37/h13-16,19-21,28H,3-12,17-18H2,1-2H3,(H,44,45);11-14,17-19,26H,4-10,15-16H2,1-3H3/t19-,20?,21?,28?;17-,18?,19?,26?/m00/s1. The average molecular weight is 1380 g/mol. The van der Waals surface area contributed by atoms with Crippen molar-refractivity contribution in [1.29, 1.82) is 0 Å². The van der Waals surface area contributed by atoms with Gasteiger partial charge in [-0.05, 0) is 186 Å². The highest BCUT2D eigenvalue weighted by atomic mass is 79.9. The summed E-state index contributed by atoms with van der Waals surface area (Å²) < 4.78 is 179. The minimum atomic E-state index is -5.04. The second kappa shape index (κ2) is 29.6. The Bertz CT molecular complexity index is 3160. The number of amides is 2. The SMILES string of the molecule is CCN(CC1CCC(CC(=O)O)CC1)c1ncc(N2CCCC2)nc1CN1C(=O)OC(c2cc(C(F)(F)F)cc(C(F)(F)F)c2)[C@@H]1C.CCOC(=O)CC1CCC(CN(CC)c2ncc(Br)nc2CN2C(=O)OC(c3cc(C(F)(F)F)cc(C(F)(F)F)c3)[C@@H]2C)CC1. The number of ether oxygens (including phenoxy) is 3. The van der Waals surface area contributed by atoms with Gasteiger partial charge < -0.3 is 34.0 Å². The van der Waals surface area contributed by atoms with E-state index in [1.54, 1.807) is 13.1 Å². The number of carboxylic acid groups (broad SMARTS) is 1. The molecule has 0 radical (unpaired) electrons. The smallest absolute Gasteiger partial charge is 0.416 e. The number of cyclic esters (lactones) is 2. The summed E-state index contributed by atoms with van der Waals surface area (Å²) in [5, 5.41) is 9.17. The van der Waals surface area contributed by atoms with Gasteiger partial charge in [0.05, 0.1) is 66.4 Å². The molecule has 5 heterocycles. The average Bonchev–Trinajstić information content (AvgIpc) is 1.48. The van der Waals surface area contributed by atoms with E-state index in [1.165, 1.54) is 29.8 Å². The highest BCUT2D eigenvalue weighted by Crippen LogP contribution is 2.45. The largest absolute Gasteiger partial charge is 0.481 e. The number of rotatable bonds is 20. The highest BCUT2D eigenvalue weighted by Gasteiger charge is 2.46. The summed E-state index contributed by atoms with van der Waals surface area (Å²) >= 11 is 3.31. The molecule has 5 aliphatic rings. The first-order chi connectivity index (χ1) is 43.2. The number of alkyl halides is 12. The third kappa shape index (κ3) is 17.9. The van der Waals surface area contributed by atoms with Crippen molar-refractivity contribution in [2.24, 2.45) is 23.7 Å². The molecule has 2 saturated carbocycles. The Hall–Kier alpha value is -6.88. The molecule has 17 nitrogen and oxygen atoms in total. The number of anilines is 3. The van der Waals surface area contributed by atoms with Gasteiger partial charge >= 0.3 is 48.8 Å². The maximum atomic E-state index is 13.6. The van der Waals surface area contributed by atoms with Gasteiger partial charge in [-0.2, -0.15) is 52.7 Å². The van der Waals surface area contributed by atoms with E-state index < -0.39 is 101 Å². The zero-order chi connectivity index (χ0) is 67.2. The Labute approximate surface area is 532 Å². The number of carbonyl (C=O) groups excluding carboxylic acids is 3. The van der Waals surface area contributed by atoms with Gasteiger partial charge in [-0.15, -0.1) is 0 Å². The first-order valence-electron chi connectivity index (χ1n) is 30.8. The fraction of sp³-hybridized carbons (Fsp3) is 0.613. The summed E-state index contributed by atoms with van der Waals surface area (Å²) in [4.78, 5) is 76.7. The molecule has 5 fully saturated rings. The van der Waals surface area contributed by atoms with Crippen molar-refractivity contribution >= 4 is 57.5 Å². The van der Waals surface area contributed by atoms with Crippen LogP contribution < -0.4 is 14.7 Å². The molecule has 3 aliphatic heterocycles. The van der Waals surface area contributed by atoms with E-state index in [1.807, 2.05) is 18.7 Å². The van der Waals surface area contributed by atoms with Crippen LogP contribution in [0.3, 0.4) is 0 Å². The van der Waals surface area contributed by atoms with Crippen LogP contribution in [0.25, 0.3) is 0 Å². The lowest BCUT2D eigenvalue weighted by Crippen LogP contribution is -2.36. The van der Waals surface area contributed by atoms with Crippen LogP contribution in [-0.4, -0.2) is 117 Å². The monoisotopic (exact) mass is 1380 g/mol. The molecule has 4 atom stereocenters. The zero-order valence-electron chi connectivity index (χ0n) is 51.3. The molecule has 1 N–H and O–H groups in total. The van der Waals surface area contributed by atoms with E-state index in [2.05, 4.69) is 35.7 Å². The van der Waals surface area contributed by atoms with Gasteiger partial charge in [0.2, 0.25) is 0 Å². The molecule has 4 aromatic rings. The van der Waals surface area contributed by atoms with Crippen molar-refractivity contribution in [3.05, 3.63) is 98.2 Å². The van der Waals surface area contributed by atoms with E-state index in [9.17, 15) is 71.9 Å². The molecule has 2 aliphatic carbocycles. The number of hydrogen-bond acceptors (Lipinski definition) is 14. The topological polar surface area (TPSA) is 184 Å². The Morgan fingerprint density at radius 1 is 0.587 bits per heavy atom. The lowest BCUT2D eigenvalue weighted by atomic mass is 9.80. The number of aromatic nitrogens is 4. The van der Waals surface area contributed by atoms with Crippen LogP contribution in [-0.2, 0) is 61.6 Å². The van der Waals surface area contributed by atoms with E-state index in [0.717, 1.165) is 77.3 Å². The molecule has 30 heteroatoms. The number of halogens is 13. The van der Waals surface area contributed by atoms with E-state index in [-0.39, 0.29) is 55.4 Å². The third-order valence-electron chi connectivity index (χ3n) is 17.8. The lowest BCUT2D eigenvalue weighted by molar-refractivity contribution is -0.145.